The first-order valence-electron chi connectivity index (χ1n) is 11.7. The summed E-state index contributed by atoms with van der Waals surface area (Å²) >= 11 is 0. The van der Waals surface area contributed by atoms with E-state index < -0.39 is 0 Å². The molecule has 0 radical (unpaired) electrons. The molecule has 6 rings (SSSR count). The van der Waals surface area contributed by atoms with Crippen LogP contribution in [-0.4, -0.2) is 0 Å². The highest BCUT2D eigenvalue weighted by Crippen LogP contribution is 2.51. The number of fused-ring (bicyclic) bond motifs is 5. The largest absolute Gasteiger partial charge is 0.192 e. The van der Waals surface area contributed by atoms with Gasteiger partial charge in [-0.25, -0.2) is 0 Å². The molecule has 158 valence electrons. The molecule has 0 atom stereocenters. The highest BCUT2D eigenvalue weighted by Gasteiger charge is 2.36. The monoisotopic (exact) mass is 423 g/mol. The number of nitriles is 1. The molecule has 0 amide bonds. The summed E-state index contributed by atoms with van der Waals surface area (Å²) in [6.45, 7) is 6.80. The number of nitrogens with zero attached hydrogens (tertiary/aromatic N) is 1. The van der Waals surface area contributed by atoms with Crippen LogP contribution >= 0.6 is 0 Å². The van der Waals surface area contributed by atoms with Crippen LogP contribution in [0.15, 0.2) is 84.9 Å². The van der Waals surface area contributed by atoms with Crippen molar-refractivity contribution in [3.05, 3.63) is 107 Å². The third-order valence-corrected chi connectivity index (χ3v) is 7.49. The molecular weight excluding hydrogens is 398 g/mol. The molecule has 0 saturated heterocycles. The van der Waals surface area contributed by atoms with Crippen LogP contribution < -0.4 is 0 Å². The number of hydrogen-bond acceptors (Lipinski definition) is 1. The van der Waals surface area contributed by atoms with Crippen molar-refractivity contribution in [3.63, 3.8) is 0 Å². The summed E-state index contributed by atoms with van der Waals surface area (Å²) in [7, 11) is 0. The molecule has 5 aromatic carbocycles. The fourth-order valence-corrected chi connectivity index (χ4v) is 5.87. The molecule has 0 N–H and O–H groups in total. The van der Waals surface area contributed by atoms with Crippen molar-refractivity contribution < 1.29 is 0 Å². The zero-order valence-corrected chi connectivity index (χ0v) is 19.2. The zero-order valence-electron chi connectivity index (χ0n) is 19.2. The van der Waals surface area contributed by atoms with Crippen LogP contribution in [0.5, 0.6) is 0 Å². The Morgan fingerprint density at radius 3 is 1.82 bits per heavy atom. The third kappa shape index (κ3) is 2.71. The summed E-state index contributed by atoms with van der Waals surface area (Å²) < 4.78 is 0. The van der Waals surface area contributed by atoms with Crippen LogP contribution in [0, 0.1) is 11.3 Å². The van der Waals surface area contributed by atoms with Gasteiger partial charge in [0.2, 0.25) is 0 Å². The van der Waals surface area contributed by atoms with Crippen molar-refractivity contribution in [3.8, 4) is 28.3 Å². The first-order valence-corrected chi connectivity index (χ1v) is 11.7. The predicted molar refractivity (Wildman–Crippen MR) is 139 cm³/mol. The van der Waals surface area contributed by atoms with E-state index in [1.807, 2.05) is 6.07 Å². The molecule has 0 bridgehead atoms. The molecule has 1 aliphatic rings. The maximum absolute atomic E-state index is 9.44. The lowest BCUT2D eigenvalue weighted by Crippen LogP contribution is -2.15. The molecule has 0 unspecified atom stereocenters. The van der Waals surface area contributed by atoms with Gasteiger partial charge in [0.25, 0.3) is 0 Å². The fraction of sp³-hybridized carbons (Fsp3) is 0.156. The molecule has 0 aromatic heterocycles. The van der Waals surface area contributed by atoms with Gasteiger partial charge in [-0.2, -0.15) is 5.26 Å². The Balaban J connectivity index is 1.67. The highest BCUT2D eigenvalue weighted by atomic mass is 14.4. The summed E-state index contributed by atoms with van der Waals surface area (Å²) in [4.78, 5) is 0. The predicted octanol–water partition coefficient (Wildman–Crippen LogP) is 8.40. The molecule has 5 aromatic rings. The van der Waals surface area contributed by atoms with Gasteiger partial charge in [-0.3, -0.25) is 0 Å². The maximum Gasteiger partial charge on any atom is 0.0991 e. The van der Waals surface area contributed by atoms with Gasteiger partial charge < -0.3 is 0 Å². The summed E-state index contributed by atoms with van der Waals surface area (Å²) in [6, 6.07) is 33.0. The molecule has 0 saturated carbocycles. The van der Waals surface area contributed by atoms with E-state index in [0.29, 0.717) is 0 Å². The second-order valence-corrected chi connectivity index (χ2v) is 9.56. The first kappa shape index (κ1) is 19.8. The van der Waals surface area contributed by atoms with Gasteiger partial charge in [0.15, 0.2) is 0 Å². The first-order chi connectivity index (χ1) is 16.0. The molecule has 1 heteroatoms. The van der Waals surface area contributed by atoms with Crippen LogP contribution in [0.1, 0.15) is 43.0 Å². The van der Waals surface area contributed by atoms with Gasteiger partial charge in [0.05, 0.1) is 11.6 Å². The van der Waals surface area contributed by atoms with E-state index in [4.69, 9.17) is 0 Å². The minimum Gasteiger partial charge on any atom is -0.192 e. The quantitative estimate of drug-likeness (QED) is 0.261. The van der Waals surface area contributed by atoms with Crippen molar-refractivity contribution in [2.45, 2.75) is 32.6 Å². The zero-order chi connectivity index (χ0) is 22.7. The van der Waals surface area contributed by atoms with E-state index in [0.717, 1.165) is 12.0 Å². The van der Waals surface area contributed by atoms with E-state index in [-0.39, 0.29) is 5.41 Å². The number of aryl methyl sites for hydroxylation is 1. The van der Waals surface area contributed by atoms with Gasteiger partial charge in [0, 0.05) is 5.41 Å². The summed E-state index contributed by atoms with van der Waals surface area (Å²) in [6.07, 6.45) is 1.01. The van der Waals surface area contributed by atoms with Crippen molar-refractivity contribution >= 4 is 21.5 Å². The van der Waals surface area contributed by atoms with Crippen LogP contribution in [0.3, 0.4) is 0 Å². The van der Waals surface area contributed by atoms with E-state index in [1.165, 1.54) is 60.5 Å². The van der Waals surface area contributed by atoms with Gasteiger partial charge in [-0.15, -0.1) is 0 Å². The Morgan fingerprint density at radius 1 is 0.697 bits per heavy atom. The lowest BCUT2D eigenvalue weighted by molar-refractivity contribution is 0.660. The van der Waals surface area contributed by atoms with E-state index in [1.54, 1.807) is 0 Å². The summed E-state index contributed by atoms with van der Waals surface area (Å²) in [5.74, 6) is 0. The highest BCUT2D eigenvalue weighted by molar-refractivity contribution is 6.15. The Bertz CT molecular complexity index is 1570. The second kappa shape index (κ2) is 7.06. The lowest BCUT2D eigenvalue weighted by atomic mass is 9.80. The van der Waals surface area contributed by atoms with Gasteiger partial charge in [0.1, 0.15) is 0 Å². The van der Waals surface area contributed by atoms with Gasteiger partial charge in [-0.1, -0.05) is 87.5 Å². The molecule has 0 heterocycles. The topological polar surface area (TPSA) is 23.8 Å². The Kier molecular flexibility index (Phi) is 4.23. The van der Waals surface area contributed by atoms with E-state index >= 15 is 0 Å². The van der Waals surface area contributed by atoms with Crippen molar-refractivity contribution in [2.24, 2.45) is 0 Å². The fourth-order valence-electron chi connectivity index (χ4n) is 5.87. The van der Waals surface area contributed by atoms with Crippen molar-refractivity contribution in [2.75, 3.05) is 0 Å². The number of hydrogen-bond donors (Lipinski definition) is 0. The SMILES string of the molecule is CCc1c2ccccc2c(-c2ccc3c(c2)C(C)(C)c2cc(C#N)ccc2-3)c2ccccc12. The molecule has 0 fully saturated rings. The minimum atomic E-state index is -0.150. The Labute approximate surface area is 194 Å². The van der Waals surface area contributed by atoms with Gasteiger partial charge in [-0.05, 0) is 85.1 Å². The number of rotatable bonds is 2. The Morgan fingerprint density at radius 2 is 1.24 bits per heavy atom. The van der Waals surface area contributed by atoms with Crippen molar-refractivity contribution in [1.82, 2.24) is 0 Å². The van der Waals surface area contributed by atoms with E-state index in [9.17, 15) is 5.26 Å². The van der Waals surface area contributed by atoms with Gasteiger partial charge >= 0.3 is 0 Å². The normalized spacial score (nSPS) is 13.6. The van der Waals surface area contributed by atoms with Crippen LogP contribution in [0.4, 0.5) is 0 Å². The maximum atomic E-state index is 9.44. The molecule has 0 spiro atoms. The average Bonchev–Trinajstić information content (AvgIpc) is 3.08. The van der Waals surface area contributed by atoms with Crippen LogP contribution in [0.25, 0.3) is 43.8 Å². The van der Waals surface area contributed by atoms with Crippen molar-refractivity contribution in [1.29, 1.82) is 5.26 Å². The summed E-state index contributed by atoms with van der Waals surface area (Å²) in [5, 5.41) is 14.8. The molecule has 0 aliphatic heterocycles. The summed E-state index contributed by atoms with van der Waals surface area (Å²) in [5.41, 5.74) is 9.66. The minimum absolute atomic E-state index is 0.150. The molecular formula is C32H25N. The molecule has 1 aliphatic carbocycles. The molecule has 1 nitrogen and oxygen atoms in total. The third-order valence-electron chi connectivity index (χ3n) is 7.49. The second-order valence-electron chi connectivity index (χ2n) is 9.56. The van der Waals surface area contributed by atoms with E-state index in [2.05, 4.69) is 106 Å². The lowest BCUT2D eigenvalue weighted by Gasteiger charge is -2.23. The number of benzene rings is 5. The Hall–Kier alpha value is -3.89. The smallest absolute Gasteiger partial charge is 0.0991 e. The van der Waals surface area contributed by atoms with Crippen LogP contribution in [-0.2, 0) is 11.8 Å². The average molecular weight is 424 g/mol. The van der Waals surface area contributed by atoms with Crippen LogP contribution in [0.2, 0.25) is 0 Å². The standard InChI is InChI=1S/C32H25N/c1-4-22-23-9-5-7-11-27(23)31(28-12-8-6-10-24(22)28)21-14-16-26-25-15-13-20(19-33)17-29(25)32(2,3)30(26)18-21/h5-18H,4H2,1-3H3. The molecule has 33 heavy (non-hydrogen) atoms.